The number of hydrogen-bond donors (Lipinski definition) is 1. The molecule has 0 aliphatic carbocycles. The van der Waals surface area contributed by atoms with Crippen LogP contribution >= 0.6 is 0 Å². The standard InChI is InChI=1S/C15H14F3N5O/c1-24-8-12(10-3-2-4-11(7-10)15(16,17)18)21-13-14-22-20-9-23(14)6-5-19-13/h2-7,9,12H,8H2,1H3,(H,19,21)/t12-/m1/s1. The zero-order valence-electron chi connectivity index (χ0n) is 12.7. The monoisotopic (exact) mass is 337 g/mol. The predicted octanol–water partition coefficient (Wildman–Crippen LogP) is 2.94. The van der Waals surface area contributed by atoms with Gasteiger partial charge in [-0.25, -0.2) is 4.98 Å². The molecule has 1 N–H and O–H groups in total. The molecule has 0 unspecified atom stereocenters. The van der Waals surface area contributed by atoms with E-state index >= 15 is 0 Å². The Kier molecular flexibility index (Phi) is 4.34. The molecule has 0 bridgehead atoms. The minimum absolute atomic E-state index is 0.165. The van der Waals surface area contributed by atoms with Gasteiger partial charge in [0.2, 0.25) is 5.65 Å². The zero-order chi connectivity index (χ0) is 17.2. The van der Waals surface area contributed by atoms with Crippen molar-refractivity contribution in [2.75, 3.05) is 19.0 Å². The molecule has 0 saturated heterocycles. The Morgan fingerprint density at radius 3 is 2.92 bits per heavy atom. The summed E-state index contributed by atoms with van der Waals surface area (Å²) < 4.78 is 45.6. The van der Waals surface area contributed by atoms with E-state index < -0.39 is 17.8 Å². The maximum absolute atomic E-state index is 12.9. The van der Waals surface area contributed by atoms with Crippen molar-refractivity contribution >= 4 is 11.5 Å². The van der Waals surface area contributed by atoms with Crippen molar-refractivity contribution < 1.29 is 17.9 Å². The first kappa shape index (κ1) is 16.2. The summed E-state index contributed by atoms with van der Waals surface area (Å²) in [4.78, 5) is 4.19. The van der Waals surface area contributed by atoms with Gasteiger partial charge in [-0.05, 0) is 17.7 Å². The first-order valence-electron chi connectivity index (χ1n) is 7.06. The number of nitrogens with zero attached hydrogens (tertiary/aromatic N) is 4. The summed E-state index contributed by atoms with van der Waals surface area (Å²) in [5, 5.41) is 10.8. The van der Waals surface area contributed by atoms with Crippen molar-refractivity contribution in [2.45, 2.75) is 12.2 Å². The molecule has 24 heavy (non-hydrogen) atoms. The molecular weight excluding hydrogens is 323 g/mol. The normalized spacial score (nSPS) is 13.2. The van der Waals surface area contributed by atoms with E-state index in [9.17, 15) is 13.2 Å². The number of ether oxygens (including phenoxy) is 1. The van der Waals surface area contributed by atoms with Crippen LogP contribution in [-0.2, 0) is 10.9 Å². The fourth-order valence-corrected chi connectivity index (χ4v) is 2.35. The Balaban J connectivity index is 1.94. The average molecular weight is 337 g/mol. The molecule has 1 atom stereocenters. The minimum atomic E-state index is -4.40. The number of hydrogen-bond acceptors (Lipinski definition) is 5. The molecule has 2 aromatic heterocycles. The molecule has 3 aromatic rings. The fraction of sp³-hybridized carbons (Fsp3) is 0.267. The molecule has 0 aliphatic heterocycles. The van der Waals surface area contributed by atoms with Crippen LogP contribution in [0.2, 0.25) is 0 Å². The van der Waals surface area contributed by atoms with Gasteiger partial charge in [-0.15, -0.1) is 10.2 Å². The second-order valence-corrected chi connectivity index (χ2v) is 5.11. The van der Waals surface area contributed by atoms with Crippen LogP contribution in [0.1, 0.15) is 17.2 Å². The average Bonchev–Trinajstić information content (AvgIpc) is 3.03. The molecule has 0 fully saturated rings. The van der Waals surface area contributed by atoms with Crippen molar-refractivity contribution in [1.82, 2.24) is 19.6 Å². The Morgan fingerprint density at radius 1 is 1.33 bits per heavy atom. The summed E-state index contributed by atoms with van der Waals surface area (Å²) in [6, 6.07) is 4.59. The highest BCUT2D eigenvalue weighted by Crippen LogP contribution is 2.31. The third-order valence-electron chi connectivity index (χ3n) is 3.48. The number of nitrogens with one attached hydrogen (secondary N) is 1. The molecule has 6 nitrogen and oxygen atoms in total. The van der Waals surface area contributed by atoms with Gasteiger partial charge in [0, 0.05) is 19.5 Å². The van der Waals surface area contributed by atoms with Crippen molar-refractivity contribution in [2.24, 2.45) is 0 Å². The lowest BCUT2D eigenvalue weighted by Gasteiger charge is -2.20. The summed E-state index contributed by atoms with van der Waals surface area (Å²) in [6.07, 6.45) is 0.335. The molecule has 0 aliphatic rings. The Morgan fingerprint density at radius 2 is 2.17 bits per heavy atom. The van der Waals surface area contributed by atoms with E-state index in [0.29, 0.717) is 17.0 Å². The number of halogens is 3. The summed E-state index contributed by atoms with van der Waals surface area (Å²) >= 11 is 0. The molecule has 126 valence electrons. The minimum Gasteiger partial charge on any atom is -0.382 e. The molecule has 9 heteroatoms. The summed E-state index contributed by atoms with van der Waals surface area (Å²) in [6.45, 7) is 0.165. The van der Waals surface area contributed by atoms with Crippen molar-refractivity contribution in [1.29, 1.82) is 0 Å². The number of methoxy groups -OCH3 is 1. The van der Waals surface area contributed by atoms with E-state index in [1.807, 2.05) is 0 Å². The lowest BCUT2D eigenvalue weighted by atomic mass is 10.0. The van der Waals surface area contributed by atoms with Gasteiger partial charge in [0.05, 0.1) is 18.2 Å². The van der Waals surface area contributed by atoms with Crippen LogP contribution in [0.3, 0.4) is 0 Å². The largest absolute Gasteiger partial charge is 0.416 e. The quantitative estimate of drug-likeness (QED) is 0.775. The molecule has 0 saturated carbocycles. The topological polar surface area (TPSA) is 64.3 Å². The number of benzene rings is 1. The van der Waals surface area contributed by atoms with Crippen molar-refractivity contribution in [3.8, 4) is 0 Å². The maximum atomic E-state index is 12.9. The number of aromatic nitrogens is 4. The first-order valence-corrected chi connectivity index (χ1v) is 7.06. The molecule has 2 heterocycles. The van der Waals surface area contributed by atoms with Gasteiger partial charge in [0.1, 0.15) is 6.33 Å². The third-order valence-corrected chi connectivity index (χ3v) is 3.48. The van der Waals surface area contributed by atoms with Crippen LogP contribution < -0.4 is 5.32 Å². The molecule has 1 aromatic carbocycles. The van der Waals surface area contributed by atoms with Crippen LogP contribution in [0, 0.1) is 0 Å². The lowest BCUT2D eigenvalue weighted by molar-refractivity contribution is -0.137. The third kappa shape index (κ3) is 3.30. The highest BCUT2D eigenvalue weighted by molar-refractivity contribution is 5.62. The van der Waals surface area contributed by atoms with Gasteiger partial charge in [-0.2, -0.15) is 13.2 Å². The molecule has 0 radical (unpaired) electrons. The van der Waals surface area contributed by atoms with E-state index in [4.69, 9.17) is 4.74 Å². The lowest BCUT2D eigenvalue weighted by Crippen LogP contribution is -2.18. The van der Waals surface area contributed by atoms with E-state index in [-0.39, 0.29) is 6.61 Å². The molecule has 3 rings (SSSR count). The van der Waals surface area contributed by atoms with Crippen LogP contribution in [0.15, 0.2) is 43.0 Å². The Bertz CT molecular complexity index is 833. The number of fused-ring (bicyclic) bond motifs is 1. The van der Waals surface area contributed by atoms with E-state index in [1.165, 1.54) is 19.5 Å². The van der Waals surface area contributed by atoms with E-state index in [1.54, 1.807) is 22.9 Å². The Hall–Kier alpha value is -2.68. The first-order chi connectivity index (χ1) is 11.5. The highest BCUT2D eigenvalue weighted by Gasteiger charge is 2.31. The van der Waals surface area contributed by atoms with Crippen molar-refractivity contribution in [3.63, 3.8) is 0 Å². The van der Waals surface area contributed by atoms with Crippen LogP contribution in [0.4, 0.5) is 19.0 Å². The number of anilines is 1. The van der Waals surface area contributed by atoms with E-state index in [2.05, 4.69) is 20.5 Å². The SMILES string of the molecule is COC[C@@H](Nc1nccn2cnnc12)c1cccc(C(F)(F)F)c1. The summed E-state index contributed by atoms with van der Waals surface area (Å²) in [7, 11) is 1.48. The molecule has 0 amide bonds. The van der Waals surface area contributed by atoms with Gasteiger partial charge in [0.15, 0.2) is 5.82 Å². The van der Waals surface area contributed by atoms with Crippen LogP contribution in [-0.4, -0.2) is 33.3 Å². The van der Waals surface area contributed by atoms with Gasteiger partial charge >= 0.3 is 6.18 Å². The maximum Gasteiger partial charge on any atom is 0.416 e. The highest BCUT2D eigenvalue weighted by atomic mass is 19.4. The van der Waals surface area contributed by atoms with Gasteiger partial charge in [-0.3, -0.25) is 4.40 Å². The van der Waals surface area contributed by atoms with E-state index in [0.717, 1.165) is 12.1 Å². The van der Waals surface area contributed by atoms with Crippen LogP contribution in [0.25, 0.3) is 5.65 Å². The molecule has 0 spiro atoms. The summed E-state index contributed by atoms with van der Waals surface area (Å²) in [5.74, 6) is 0.412. The predicted molar refractivity (Wildman–Crippen MR) is 80.5 cm³/mol. The number of rotatable bonds is 5. The smallest absolute Gasteiger partial charge is 0.382 e. The fourth-order valence-electron chi connectivity index (χ4n) is 2.35. The second kappa shape index (κ2) is 6.44. The van der Waals surface area contributed by atoms with Gasteiger partial charge < -0.3 is 10.1 Å². The zero-order valence-corrected chi connectivity index (χ0v) is 12.7. The summed E-state index contributed by atoms with van der Waals surface area (Å²) in [5.41, 5.74) is 0.206. The number of alkyl halides is 3. The van der Waals surface area contributed by atoms with Crippen LogP contribution in [0.5, 0.6) is 0 Å². The van der Waals surface area contributed by atoms with Crippen molar-refractivity contribution in [3.05, 3.63) is 54.1 Å². The Labute approximate surface area is 135 Å². The van der Waals surface area contributed by atoms with Gasteiger partial charge in [0.25, 0.3) is 0 Å². The molecular formula is C15H14F3N5O. The van der Waals surface area contributed by atoms with Gasteiger partial charge in [-0.1, -0.05) is 12.1 Å². The second-order valence-electron chi connectivity index (χ2n) is 5.11.